The van der Waals surface area contributed by atoms with Crippen molar-refractivity contribution in [2.45, 2.75) is 109 Å². The highest BCUT2D eigenvalue weighted by atomic mass is 16.6. The fourth-order valence-corrected chi connectivity index (χ4v) is 5.50. The van der Waals surface area contributed by atoms with Crippen LogP contribution in [0.2, 0.25) is 0 Å². The predicted molar refractivity (Wildman–Crippen MR) is 160 cm³/mol. The molecule has 0 N–H and O–H groups in total. The number of ether oxygens (including phenoxy) is 4. The Morgan fingerprint density at radius 3 is 2.02 bits per heavy atom. The van der Waals surface area contributed by atoms with Gasteiger partial charge in [-0.05, 0) is 50.9 Å². The van der Waals surface area contributed by atoms with Gasteiger partial charge in [0.15, 0.2) is 0 Å². The number of carbonyl (C=O) groups excluding carboxylic acids is 1. The monoisotopic (exact) mass is 553 g/mol. The summed E-state index contributed by atoms with van der Waals surface area (Å²) in [5.74, 6) is -0.117. The standard InChI is InChI=1S/C34H51NO5/c1-4-6-7-8-17-24-38-34-31(40-27-29-20-13-10-14-21-29)25-30(39-26-28-18-11-9-12-19-28)33(34)35(3)23-16-15-22-32(36)37-5-2/h9-14,18-21,30-31,33-34H,4-8,15-17,22-27H2,1-3H3/t30-,31+,33+,34+/m1/s1. The van der Waals surface area contributed by atoms with Crippen molar-refractivity contribution in [2.24, 2.45) is 0 Å². The average Bonchev–Trinajstić information content (AvgIpc) is 3.33. The van der Waals surface area contributed by atoms with E-state index in [-0.39, 0.29) is 30.3 Å². The molecular formula is C34H51NO5. The molecule has 0 saturated heterocycles. The summed E-state index contributed by atoms with van der Waals surface area (Å²) < 4.78 is 24.9. The van der Waals surface area contributed by atoms with Gasteiger partial charge in [0.1, 0.15) is 6.10 Å². The molecule has 1 saturated carbocycles. The van der Waals surface area contributed by atoms with Gasteiger partial charge in [-0.3, -0.25) is 9.69 Å². The second-order valence-electron chi connectivity index (χ2n) is 10.9. The third-order valence-electron chi connectivity index (χ3n) is 7.68. The molecule has 0 radical (unpaired) electrons. The van der Waals surface area contributed by atoms with E-state index < -0.39 is 0 Å². The van der Waals surface area contributed by atoms with E-state index in [1.54, 1.807) is 0 Å². The van der Waals surface area contributed by atoms with E-state index in [0.717, 1.165) is 38.8 Å². The van der Waals surface area contributed by atoms with Gasteiger partial charge in [-0.15, -0.1) is 0 Å². The summed E-state index contributed by atoms with van der Waals surface area (Å²) in [7, 11) is 2.16. The molecule has 1 aliphatic rings. The lowest BCUT2D eigenvalue weighted by Gasteiger charge is -2.34. The molecule has 2 aromatic carbocycles. The number of hydrogen-bond acceptors (Lipinski definition) is 6. The Morgan fingerprint density at radius 1 is 0.775 bits per heavy atom. The summed E-state index contributed by atoms with van der Waals surface area (Å²) in [5.41, 5.74) is 2.33. The van der Waals surface area contributed by atoms with Gasteiger partial charge in [0.05, 0.1) is 38.1 Å². The number of carbonyl (C=O) groups is 1. The van der Waals surface area contributed by atoms with Crippen LogP contribution in [0.15, 0.2) is 60.7 Å². The van der Waals surface area contributed by atoms with Crippen LogP contribution in [0.1, 0.15) is 82.8 Å². The highest BCUT2D eigenvalue weighted by molar-refractivity contribution is 5.69. The Hall–Kier alpha value is -2.25. The van der Waals surface area contributed by atoms with Gasteiger partial charge in [-0.1, -0.05) is 93.3 Å². The molecule has 4 atom stereocenters. The van der Waals surface area contributed by atoms with Crippen molar-refractivity contribution < 1.29 is 23.7 Å². The van der Waals surface area contributed by atoms with Crippen LogP contribution in [-0.2, 0) is 37.0 Å². The fraction of sp³-hybridized carbons (Fsp3) is 0.618. The van der Waals surface area contributed by atoms with Gasteiger partial charge in [-0.25, -0.2) is 0 Å². The predicted octanol–water partition coefficient (Wildman–Crippen LogP) is 6.95. The van der Waals surface area contributed by atoms with E-state index in [1.165, 1.54) is 36.8 Å². The number of benzene rings is 2. The molecule has 2 aromatic rings. The van der Waals surface area contributed by atoms with E-state index in [2.05, 4.69) is 67.4 Å². The molecule has 0 unspecified atom stereocenters. The van der Waals surface area contributed by atoms with Crippen LogP contribution in [0.25, 0.3) is 0 Å². The van der Waals surface area contributed by atoms with Crippen molar-refractivity contribution in [1.82, 2.24) is 4.90 Å². The van der Waals surface area contributed by atoms with Gasteiger partial charge in [0, 0.05) is 19.4 Å². The number of unbranched alkanes of at least 4 members (excludes halogenated alkanes) is 5. The van der Waals surface area contributed by atoms with E-state index in [0.29, 0.717) is 26.2 Å². The molecule has 3 rings (SSSR count). The molecule has 0 bridgehead atoms. The lowest BCUT2D eigenvalue weighted by molar-refractivity contribution is -0.143. The first-order valence-electron chi connectivity index (χ1n) is 15.4. The molecular weight excluding hydrogens is 502 g/mol. The first-order chi connectivity index (χ1) is 19.6. The molecule has 1 fully saturated rings. The Balaban J connectivity index is 1.69. The summed E-state index contributed by atoms with van der Waals surface area (Å²) >= 11 is 0. The fourth-order valence-electron chi connectivity index (χ4n) is 5.50. The summed E-state index contributed by atoms with van der Waals surface area (Å²) in [6.45, 7) is 7.24. The van der Waals surface area contributed by atoms with E-state index >= 15 is 0 Å². The maximum absolute atomic E-state index is 11.8. The Morgan fingerprint density at radius 2 is 1.40 bits per heavy atom. The van der Waals surface area contributed by atoms with Crippen molar-refractivity contribution in [3.05, 3.63) is 71.8 Å². The quantitative estimate of drug-likeness (QED) is 0.131. The second kappa shape index (κ2) is 19.0. The van der Waals surface area contributed by atoms with Crippen LogP contribution in [-0.4, -0.2) is 62.0 Å². The maximum Gasteiger partial charge on any atom is 0.305 e. The number of likely N-dealkylation sites (N-methyl/N-ethyl adjacent to an activating group) is 1. The number of nitrogens with zero attached hydrogens (tertiary/aromatic N) is 1. The van der Waals surface area contributed by atoms with Crippen LogP contribution >= 0.6 is 0 Å². The zero-order valence-electron chi connectivity index (χ0n) is 25.0. The van der Waals surface area contributed by atoms with Crippen molar-refractivity contribution >= 4 is 5.97 Å². The molecule has 0 aromatic heterocycles. The lowest BCUT2D eigenvalue weighted by atomic mass is 10.1. The molecule has 0 heterocycles. The maximum atomic E-state index is 11.8. The molecule has 0 amide bonds. The van der Waals surface area contributed by atoms with Crippen molar-refractivity contribution in [1.29, 1.82) is 0 Å². The summed E-state index contributed by atoms with van der Waals surface area (Å²) in [6.07, 6.45) is 8.85. The number of esters is 1. The third kappa shape index (κ3) is 11.3. The molecule has 0 aliphatic heterocycles. The number of hydrogen-bond donors (Lipinski definition) is 0. The van der Waals surface area contributed by atoms with Crippen molar-refractivity contribution in [2.75, 3.05) is 26.8 Å². The average molecular weight is 554 g/mol. The highest BCUT2D eigenvalue weighted by Gasteiger charge is 2.47. The molecule has 6 nitrogen and oxygen atoms in total. The molecule has 0 spiro atoms. The second-order valence-corrected chi connectivity index (χ2v) is 10.9. The smallest absolute Gasteiger partial charge is 0.305 e. The zero-order valence-corrected chi connectivity index (χ0v) is 25.0. The summed E-state index contributed by atoms with van der Waals surface area (Å²) in [6, 6.07) is 20.8. The highest BCUT2D eigenvalue weighted by Crippen LogP contribution is 2.33. The van der Waals surface area contributed by atoms with Gasteiger partial charge in [-0.2, -0.15) is 0 Å². The van der Waals surface area contributed by atoms with Crippen molar-refractivity contribution in [3.8, 4) is 0 Å². The van der Waals surface area contributed by atoms with Crippen LogP contribution in [0, 0.1) is 0 Å². The largest absolute Gasteiger partial charge is 0.466 e. The first kappa shape index (κ1) is 32.3. The summed E-state index contributed by atoms with van der Waals surface area (Å²) in [5, 5.41) is 0. The van der Waals surface area contributed by atoms with Gasteiger partial charge >= 0.3 is 5.97 Å². The van der Waals surface area contributed by atoms with Gasteiger partial charge in [0.2, 0.25) is 0 Å². The molecule has 40 heavy (non-hydrogen) atoms. The third-order valence-corrected chi connectivity index (χ3v) is 7.68. The van der Waals surface area contributed by atoms with E-state index in [9.17, 15) is 4.79 Å². The van der Waals surface area contributed by atoms with Gasteiger partial charge in [0.25, 0.3) is 0 Å². The van der Waals surface area contributed by atoms with Crippen LogP contribution in [0.5, 0.6) is 0 Å². The van der Waals surface area contributed by atoms with E-state index in [1.807, 2.05) is 19.1 Å². The SMILES string of the molecule is CCCCCCCO[C@@H]1[C@@H](N(C)CCCCC(=O)OCC)[C@H](OCc2ccccc2)C[C@@H]1OCc1ccccc1. The topological polar surface area (TPSA) is 57.2 Å². The minimum atomic E-state index is -0.117. The van der Waals surface area contributed by atoms with Gasteiger partial charge < -0.3 is 18.9 Å². The Kier molecular flexibility index (Phi) is 15.3. The van der Waals surface area contributed by atoms with Crippen molar-refractivity contribution in [3.63, 3.8) is 0 Å². The Bertz CT molecular complexity index is 924. The molecule has 222 valence electrons. The normalized spacial score (nSPS) is 20.7. The zero-order chi connectivity index (χ0) is 28.4. The van der Waals surface area contributed by atoms with Crippen LogP contribution in [0.3, 0.4) is 0 Å². The lowest BCUT2D eigenvalue weighted by Crippen LogP contribution is -2.48. The van der Waals surface area contributed by atoms with E-state index in [4.69, 9.17) is 18.9 Å². The number of rotatable bonds is 20. The minimum absolute atomic E-state index is 0.0128. The summed E-state index contributed by atoms with van der Waals surface area (Å²) in [4.78, 5) is 14.2. The minimum Gasteiger partial charge on any atom is -0.466 e. The van der Waals surface area contributed by atoms with Crippen LogP contribution < -0.4 is 0 Å². The molecule has 1 aliphatic carbocycles. The Labute approximate surface area is 242 Å². The first-order valence-corrected chi connectivity index (χ1v) is 15.4. The van der Waals surface area contributed by atoms with Crippen LogP contribution in [0.4, 0.5) is 0 Å². The molecule has 6 heteroatoms.